The van der Waals surface area contributed by atoms with Gasteiger partial charge in [0.2, 0.25) is 5.91 Å². The summed E-state index contributed by atoms with van der Waals surface area (Å²) in [6.07, 6.45) is 2.41. The maximum Gasteiger partial charge on any atom is 0.246 e. The first-order chi connectivity index (χ1) is 10.0. The number of carbonyl (C=O) groups excluding carboxylic acids is 1. The van der Waals surface area contributed by atoms with Gasteiger partial charge in [0.1, 0.15) is 11.6 Å². The van der Waals surface area contributed by atoms with Crippen LogP contribution in [0.2, 0.25) is 0 Å². The molecule has 1 fully saturated rings. The van der Waals surface area contributed by atoms with Gasteiger partial charge in [-0.1, -0.05) is 0 Å². The number of carbonyl (C=O) groups is 1. The molecule has 1 amide bonds. The van der Waals surface area contributed by atoms with Crippen LogP contribution in [-0.2, 0) is 4.79 Å². The molecule has 1 saturated heterocycles. The molecule has 0 saturated carbocycles. The predicted molar refractivity (Wildman–Crippen MR) is 85.9 cm³/mol. The fourth-order valence-corrected chi connectivity index (χ4v) is 2.65. The Bertz CT molecular complexity index is 563. The Labute approximate surface area is 135 Å². The molecule has 0 spiro atoms. The number of rotatable bonds is 4. The molecule has 1 N–H and O–H groups in total. The molecule has 1 aromatic rings. The molecule has 1 aromatic carbocycles. The third-order valence-corrected chi connectivity index (χ3v) is 3.79. The number of benzene rings is 1. The zero-order valence-electron chi connectivity index (χ0n) is 12.7. The van der Waals surface area contributed by atoms with Gasteiger partial charge in [0.15, 0.2) is 0 Å². The van der Waals surface area contributed by atoms with Gasteiger partial charge in [-0.15, -0.1) is 12.4 Å². The molecule has 22 heavy (non-hydrogen) atoms. The summed E-state index contributed by atoms with van der Waals surface area (Å²) >= 11 is 0. The van der Waals surface area contributed by atoms with Gasteiger partial charge in [0.05, 0.1) is 0 Å². The molecule has 0 bridgehead atoms. The first kappa shape index (κ1) is 18.6. The molecule has 1 aliphatic rings. The fraction of sp³-hybridized carbons (Fsp3) is 0.438. The van der Waals surface area contributed by atoms with E-state index in [-0.39, 0.29) is 23.9 Å². The number of nitrogens with one attached hydrogen (secondary N) is 1. The Hall–Kier alpha value is -1.46. The van der Waals surface area contributed by atoms with Crippen molar-refractivity contribution in [2.24, 2.45) is 5.92 Å². The van der Waals surface area contributed by atoms with Gasteiger partial charge in [0, 0.05) is 30.8 Å². The molecule has 1 unspecified atom stereocenters. The number of likely N-dealkylation sites (tertiary alicyclic amines) is 1. The van der Waals surface area contributed by atoms with Gasteiger partial charge in [-0.3, -0.25) is 4.79 Å². The molecule has 122 valence electrons. The monoisotopic (exact) mass is 330 g/mol. The first-order valence-corrected chi connectivity index (χ1v) is 7.08. The third kappa shape index (κ3) is 4.52. The van der Waals surface area contributed by atoms with Crippen LogP contribution in [0, 0.1) is 17.6 Å². The minimum atomic E-state index is -0.647. The summed E-state index contributed by atoms with van der Waals surface area (Å²) in [5, 5.41) is 3.11. The number of nitrogens with zero attached hydrogens (tertiary/aromatic N) is 1. The highest BCUT2D eigenvalue weighted by molar-refractivity contribution is 5.95. The van der Waals surface area contributed by atoms with Crippen LogP contribution >= 0.6 is 12.4 Å². The van der Waals surface area contributed by atoms with E-state index in [4.69, 9.17) is 0 Å². The zero-order valence-corrected chi connectivity index (χ0v) is 13.6. The Morgan fingerprint density at radius 1 is 1.45 bits per heavy atom. The van der Waals surface area contributed by atoms with E-state index in [0.29, 0.717) is 11.5 Å². The summed E-state index contributed by atoms with van der Waals surface area (Å²) in [7, 11) is 1.89. The van der Waals surface area contributed by atoms with Gasteiger partial charge in [-0.05, 0) is 50.6 Å². The molecule has 0 aromatic heterocycles. The van der Waals surface area contributed by atoms with Crippen LogP contribution in [0.3, 0.4) is 0 Å². The second-order valence-electron chi connectivity index (χ2n) is 5.45. The number of hydrogen-bond acceptors (Lipinski definition) is 2. The van der Waals surface area contributed by atoms with Crippen molar-refractivity contribution in [2.45, 2.75) is 13.3 Å². The normalized spacial score (nSPS) is 18.3. The highest BCUT2D eigenvalue weighted by atomic mass is 35.5. The van der Waals surface area contributed by atoms with Crippen molar-refractivity contribution in [3.63, 3.8) is 0 Å². The van der Waals surface area contributed by atoms with Gasteiger partial charge in [-0.25, -0.2) is 8.78 Å². The minimum Gasteiger partial charge on any atom is -0.339 e. The fourth-order valence-electron chi connectivity index (χ4n) is 2.65. The molecule has 1 atom stereocenters. The largest absolute Gasteiger partial charge is 0.339 e. The van der Waals surface area contributed by atoms with Crippen LogP contribution in [0.4, 0.5) is 8.78 Å². The van der Waals surface area contributed by atoms with E-state index in [1.807, 2.05) is 7.05 Å². The average Bonchev–Trinajstić information content (AvgIpc) is 2.87. The smallest absolute Gasteiger partial charge is 0.246 e. The lowest BCUT2D eigenvalue weighted by molar-refractivity contribution is -0.125. The van der Waals surface area contributed by atoms with Crippen molar-refractivity contribution in [1.29, 1.82) is 0 Å². The van der Waals surface area contributed by atoms with Crippen molar-refractivity contribution < 1.29 is 13.6 Å². The number of halogens is 3. The highest BCUT2D eigenvalue weighted by Crippen LogP contribution is 2.21. The molecular weight excluding hydrogens is 310 g/mol. The second kappa shape index (κ2) is 8.25. The van der Waals surface area contributed by atoms with Gasteiger partial charge < -0.3 is 10.2 Å². The van der Waals surface area contributed by atoms with Crippen LogP contribution in [0.5, 0.6) is 0 Å². The third-order valence-electron chi connectivity index (χ3n) is 3.79. The summed E-state index contributed by atoms with van der Waals surface area (Å²) in [5.74, 6) is -0.916. The van der Waals surface area contributed by atoms with E-state index in [9.17, 15) is 13.6 Å². The maximum atomic E-state index is 13.7. The summed E-state index contributed by atoms with van der Waals surface area (Å²) in [5.41, 5.74) is 0.769. The standard InChI is InChI=1S/C16H20F2N2O.ClH/c1-11(14-4-3-13(17)8-15(14)18)7-16(21)20-6-5-12(10-20)9-19-2;/h3-4,7-8,12,19H,5-6,9-10H2,1-2H3;1H/b11-7+;. The van der Waals surface area contributed by atoms with E-state index >= 15 is 0 Å². The summed E-state index contributed by atoms with van der Waals surface area (Å²) in [6.45, 7) is 3.99. The molecule has 0 aliphatic carbocycles. The lowest BCUT2D eigenvalue weighted by Gasteiger charge is -2.15. The molecule has 2 rings (SSSR count). The Kier molecular flexibility index (Phi) is 6.97. The van der Waals surface area contributed by atoms with E-state index in [0.717, 1.165) is 32.1 Å². The Balaban J connectivity index is 0.00000242. The van der Waals surface area contributed by atoms with Crippen LogP contribution in [0.25, 0.3) is 5.57 Å². The number of amides is 1. The van der Waals surface area contributed by atoms with Crippen molar-refractivity contribution in [1.82, 2.24) is 10.2 Å². The summed E-state index contributed by atoms with van der Waals surface area (Å²) in [6, 6.07) is 3.38. The molecule has 1 heterocycles. The quantitative estimate of drug-likeness (QED) is 0.861. The number of hydrogen-bond donors (Lipinski definition) is 1. The number of allylic oxidation sites excluding steroid dienone is 1. The average molecular weight is 331 g/mol. The first-order valence-electron chi connectivity index (χ1n) is 7.08. The summed E-state index contributed by atoms with van der Waals surface area (Å²) < 4.78 is 26.6. The second-order valence-corrected chi connectivity index (χ2v) is 5.45. The predicted octanol–water partition coefficient (Wildman–Crippen LogP) is 2.86. The summed E-state index contributed by atoms with van der Waals surface area (Å²) in [4.78, 5) is 14.0. The van der Waals surface area contributed by atoms with Gasteiger partial charge in [-0.2, -0.15) is 0 Å². The van der Waals surface area contributed by atoms with E-state index in [1.165, 1.54) is 18.2 Å². The van der Waals surface area contributed by atoms with Crippen molar-refractivity contribution >= 4 is 23.9 Å². The van der Waals surface area contributed by atoms with Crippen LogP contribution < -0.4 is 5.32 Å². The van der Waals surface area contributed by atoms with Gasteiger partial charge >= 0.3 is 0 Å². The molecule has 0 radical (unpaired) electrons. The Morgan fingerprint density at radius 2 is 2.18 bits per heavy atom. The van der Waals surface area contributed by atoms with Crippen LogP contribution in [0.1, 0.15) is 18.9 Å². The zero-order chi connectivity index (χ0) is 15.4. The topological polar surface area (TPSA) is 32.3 Å². The van der Waals surface area contributed by atoms with E-state index in [1.54, 1.807) is 11.8 Å². The van der Waals surface area contributed by atoms with Crippen LogP contribution in [-0.4, -0.2) is 37.5 Å². The van der Waals surface area contributed by atoms with Gasteiger partial charge in [0.25, 0.3) is 0 Å². The molecule has 3 nitrogen and oxygen atoms in total. The molecular formula is C16H21ClF2N2O. The SMILES string of the molecule is CNCC1CCN(C(=O)/C=C(\C)c2ccc(F)cc2F)C1.Cl. The molecule has 6 heteroatoms. The van der Waals surface area contributed by atoms with E-state index in [2.05, 4.69) is 5.32 Å². The lowest BCUT2D eigenvalue weighted by atomic mass is 10.1. The minimum absolute atomic E-state index is 0. The van der Waals surface area contributed by atoms with Crippen LogP contribution in [0.15, 0.2) is 24.3 Å². The van der Waals surface area contributed by atoms with Crippen molar-refractivity contribution in [3.8, 4) is 0 Å². The van der Waals surface area contributed by atoms with Crippen molar-refractivity contribution in [2.75, 3.05) is 26.7 Å². The maximum absolute atomic E-state index is 13.7. The Morgan fingerprint density at radius 3 is 2.82 bits per heavy atom. The lowest BCUT2D eigenvalue weighted by Crippen LogP contribution is -2.29. The molecule has 1 aliphatic heterocycles. The van der Waals surface area contributed by atoms with Crippen molar-refractivity contribution in [3.05, 3.63) is 41.5 Å². The highest BCUT2D eigenvalue weighted by Gasteiger charge is 2.24. The van der Waals surface area contributed by atoms with E-state index < -0.39 is 11.6 Å².